The lowest BCUT2D eigenvalue weighted by atomic mass is 9.94. The molecule has 1 aliphatic heterocycles. The topological polar surface area (TPSA) is 112 Å². The van der Waals surface area contributed by atoms with Gasteiger partial charge in [0.05, 0.1) is 32.6 Å². The number of rotatable bonds is 7. The van der Waals surface area contributed by atoms with Crippen molar-refractivity contribution in [1.29, 1.82) is 0 Å². The molecule has 3 heterocycles. The van der Waals surface area contributed by atoms with Crippen molar-refractivity contribution in [3.63, 3.8) is 0 Å². The van der Waals surface area contributed by atoms with Crippen molar-refractivity contribution in [1.82, 2.24) is 19.7 Å². The number of carbonyl (C=O) groups is 1. The summed E-state index contributed by atoms with van der Waals surface area (Å²) in [7, 11) is 4.71. The van der Waals surface area contributed by atoms with E-state index in [1.54, 1.807) is 50.5 Å². The van der Waals surface area contributed by atoms with Crippen LogP contribution in [0.2, 0.25) is 0 Å². The fourth-order valence-corrected chi connectivity index (χ4v) is 4.34. The molecule has 2 aromatic heterocycles. The standard InChI is InChI=1S/C27H26N6O4/c1-16-23(26(34)30-19-7-5-6-8-20(19)35-2)24(18-9-10-21(36-3)22(15-18)37-4)33-27(29-16)31-25(32-33)17-11-13-28-14-12-17/h5-15,24H,1-4H3,(H,30,34)(H,29,31,32)/t24-/m1/s1. The number of fused-ring (bicyclic) bond motifs is 1. The van der Waals surface area contributed by atoms with Gasteiger partial charge < -0.3 is 24.8 Å². The molecule has 0 fully saturated rings. The number of nitrogens with one attached hydrogen (secondary N) is 2. The van der Waals surface area contributed by atoms with E-state index in [1.165, 1.54) is 0 Å². The van der Waals surface area contributed by atoms with Gasteiger partial charge in [-0.2, -0.15) is 4.98 Å². The number of anilines is 2. The predicted octanol–water partition coefficient (Wildman–Crippen LogP) is 4.29. The predicted molar refractivity (Wildman–Crippen MR) is 139 cm³/mol. The van der Waals surface area contributed by atoms with Crippen LogP contribution in [0.1, 0.15) is 18.5 Å². The Bertz CT molecular complexity index is 1480. The van der Waals surface area contributed by atoms with Crippen molar-refractivity contribution in [2.24, 2.45) is 0 Å². The molecule has 1 atom stereocenters. The van der Waals surface area contributed by atoms with Gasteiger partial charge in [-0.1, -0.05) is 18.2 Å². The van der Waals surface area contributed by atoms with E-state index in [2.05, 4.69) is 15.6 Å². The molecule has 2 aromatic carbocycles. The summed E-state index contributed by atoms with van der Waals surface area (Å²) < 4.78 is 18.1. The second-order valence-electron chi connectivity index (χ2n) is 8.27. The van der Waals surface area contributed by atoms with E-state index in [9.17, 15) is 4.79 Å². The second-order valence-corrected chi connectivity index (χ2v) is 8.27. The van der Waals surface area contributed by atoms with E-state index in [-0.39, 0.29) is 5.91 Å². The van der Waals surface area contributed by atoms with Crippen LogP contribution in [0.4, 0.5) is 11.6 Å². The Morgan fingerprint density at radius 2 is 1.68 bits per heavy atom. The van der Waals surface area contributed by atoms with Crippen LogP contribution in [0.5, 0.6) is 17.2 Å². The highest BCUT2D eigenvalue weighted by atomic mass is 16.5. The number of nitrogens with zero attached hydrogens (tertiary/aromatic N) is 4. The number of pyridine rings is 1. The van der Waals surface area contributed by atoms with Crippen molar-refractivity contribution in [2.45, 2.75) is 13.0 Å². The number of ether oxygens (including phenoxy) is 3. The van der Waals surface area contributed by atoms with E-state index >= 15 is 0 Å². The number of allylic oxidation sites excluding steroid dienone is 1. The van der Waals surface area contributed by atoms with Gasteiger partial charge in [0.2, 0.25) is 5.95 Å². The van der Waals surface area contributed by atoms with Crippen molar-refractivity contribution in [2.75, 3.05) is 32.0 Å². The zero-order chi connectivity index (χ0) is 25.9. The smallest absolute Gasteiger partial charge is 0.255 e. The second kappa shape index (κ2) is 10.0. The normalized spacial score (nSPS) is 14.4. The van der Waals surface area contributed by atoms with Crippen LogP contribution in [0.25, 0.3) is 11.4 Å². The molecule has 37 heavy (non-hydrogen) atoms. The van der Waals surface area contributed by atoms with E-state index in [0.717, 1.165) is 11.1 Å². The Hall–Kier alpha value is -4.86. The maximum absolute atomic E-state index is 13.8. The van der Waals surface area contributed by atoms with E-state index in [4.69, 9.17) is 24.3 Å². The van der Waals surface area contributed by atoms with Gasteiger partial charge in [0.15, 0.2) is 17.3 Å². The molecule has 4 aromatic rings. The number of amides is 1. The molecular weight excluding hydrogens is 472 g/mol. The van der Waals surface area contributed by atoms with Gasteiger partial charge in [-0.3, -0.25) is 9.78 Å². The lowest BCUT2D eigenvalue weighted by Crippen LogP contribution is -2.31. The first kappa shape index (κ1) is 23.9. The molecule has 188 valence electrons. The third kappa shape index (κ3) is 4.44. The summed E-state index contributed by atoms with van der Waals surface area (Å²) in [6, 6.07) is 15.9. The summed E-state index contributed by atoms with van der Waals surface area (Å²) in [5, 5.41) is 11.0. The van der Waals surface area contributed by atoms with Crippen molar-refractivity contribution in [3.05, 3.63) is 83.8 Å². The molecule has 0 saturated heterocycles. The molecule has 0 aliphatic carbocycles. The lowest BCUT2D eigenvalue weighted by molar-refractivity contribution is -0.113. The van der Waals surface area contributed by atoms with Gasteiger partial charge in [-0.25, -0.2) is 4.68 Å². The summed E-state index contributed by atoms with van der Waals surface area (Å²) in [5.74, 6) is 2.39. The van der Waals surface area contributed by atoms with Crippen molar-refractivity contribution in [3.8, 4) is 28.6 Å². The van der Waals surface area contributed by atoms with Crippen LogP contribution < -0.4 is 24.8 Å². The number of aromatic nitrogens is 4. The van der Waals surface area contributed by atoms with E-state index in [1.807, 2.05) is 49.4 Å². The molecule has 0 spiro atoms. The van der Waals surface area contributed by atoms with Gasteiger partial charge in [0.1, 0.15) is 11.8 Å². The highest BCUT2D eigenvalue weighted by Crippen LogP contribution is 2.40. The maximum atomic E-state index is 13.8. The fourth-order valence-electron chi connectivity index (χ4n) is 4.34. The van der Waals surface area contributed by atoms with Crippen LogP contribution in [-0.4, -0.2) is 47.0 Å². The molecule has 10 nitrogen and oxygen atoms in total. The SMILES string of the molecule is COc1ccccc1NC(=O)C1=C(C)Nc2nc(-c3ccncc3)nn2[C@@H]1c1ccc(OC)c(OC)c1. The van der Waals surface area contributed by atoms with Crippen LogP contribution in [0.3, 0.4) is 0 Å². The van der Waals surface area contributed by atoms with E-state index in [0.29, 0.717) is 46.0 Å². The van der Waals surface area contributed by atoms with Gasteiger partial charge in [-0.05, 0) is 48.9 Å². The van der Waals surface area contributed by atoms with Crippen LogP contribution in [0, 0.1) is 0 Å². The van der Waals surface area contributed by atoms with Gasteiger partial charge in [-0.15, -0.1) is 5.10 Å². The highest BCUT2D eigenvalue weighted by Gasteiger charge is 2.35. The Morgan fingerprint density at radius 1 is 0.946 bits per heavy atom. The molecular formula is C27H26N6O4. The third-order valence-electron chi connectivity index (χ3n) is 6.11. The first-order valence-electron chi connectivity index (χ1n) is 11.5. The summed E-state index contributed by atoms with van der Waals surface area (Å²) in [6.45, 7) is 1.84. The fraction of sp³-hybridized carbons (Fsp3) is 0.185. The summed E-state index contributed by atoms with van der Waals surface area (Å²) in [4.78, 5) is 22.6. The average Bonchev–Trinajstić information content (AvgIpc) is 3.36. The Morgan fingerprint density at radius 3 is 2.41 bits per heavy atom. The Kier molecular flexibility index (Phi) is 6.46. The summed E-state index contributed by atoms with van der Waals surface area (Å²) in [5.41, 5.74) is 3.26. The molecule has 0 radical (unpaired) electrons. The van der Waals surface area contributed by atoms with Gasteiger partial charge in [0, 0.05) is 23.7 Å². The highest BCUT2D eigenvalue weighted by molar-refractivity contribution is 6.06. The largest absolute Gasteiger partial charge is 0.495 e. The molecule has 0 saturated carbocycles. The molecule has 2 N–H and O–H groups in total. The molecule has 0 bridgehead atoms. The molecule has 1 amide bonds. The zero-order valence-electron chi connectivity index (χ0n) is 20.9. The third-order valence-corrected chi connectivity index (χ3v) is 6.11. The minimum absolute atomic E-state index is 0.305. The molecule has 1 aliphatic rings. The van der Waals surface area contributed by atoms with Crippen LogP contribution in [0.15, 0.2) is 78.3 Å². The minimum Gasteiger partial charge on any atom is -0.495 e. The number of carbonyl (C=O) groups excluding carboxylic acids is 1. The Labute approximate surface area is 213 Å². The monoisotopic (exact) mass is 498 g/mol. The molecule has 10 heteroatoms. The first-order valence-corrected chi connectivity index (χ1v) is 11.5. The van der Waals surface area contributed by atoms with Crippen LogP contribution >= 0.6 is 0 Å². The first-order chi connectivity index (χ1) is 18.0. The number of benzene rings is 2. The molecule has 0 unspecified atom stereocenters. The van der Waals surface area contributed by atoms with Crippen molar-refractivity contribution < 1.29 is 19.0 Å². The zero-order valence-corrected chi connectivity index (χ0v) is 20.9. The van der Waals surface area contributed by atoms with Crippen molar-refractivity contribution >= 4 is 17.5 Å². The lowest BCUT2D eigenvalue weighted by Gasteiger charge is -2.29. The number of methoxy groups -OCH3 is 3. The Balaban J connectivity index is 1.63. The number of hydrogen-bond donors (Lipinski definition) is 2. The quantitative estimate of drug-likeness (QED) is 0.388. The average molecular weight is 499 g/mol. The minimum atomic E-state index is -0.603. The molecule has 5 rings (SSSR count). The van der Waals surface area contributed by atoms with Crippen LogP contribution in [-0.2, 0) is 4.79 Å². The number of para-hydroxylation sites is 2. The summed E-state index contributed by atoms with van der Waals surface area (Å²) >= 11 is 0. The summed E-state index contributed by atoms with van der Waals surface area (Å²) in [6.07, 6.45) is 3.37. The van der Waals surface area contributed by atoms with Gasteiger partial charge in [0.25, 0.3) is 5.91 Å². The maximum Gasteiger partial charge on any atom is 0.255 e. The number of hydrogen-bond acceptors (Lipinski definition) is 8. The van der Waals surface area contributed by atoms with E-state index < -0.39 is 6.04 Å². The van der Waals surface area contributed by atoms with Gasteiger partial charge >= 0.3 is 0 Å².